The summed E-state index contributed by atoms with van der Waals surface area (Å²) in [6, 6.07) is 4.27. The number of fused-ring (bicyclic) bond motifs is 1. The van der Waals surface area contributed by atoms with Gasteiger partial charge in [-0.3, -0.25) is 4.98 Å². The fourth-order valence-electron chi connectivity index (χ4n) is 3.00. The van der Waals surface area contributed by atoms with E-state index in [-0.39, 0.29) is 5.41 Å². The standard InChI is InChI=1S/C16H17N3OS2/c1-5-17-9-13-14(1)22-15(19-13)18-11-16(3-6-20-7-4-16)12-2-8-21-10-12/h1-2,5,8-10H,3-4,6-7,11H2,(H,18,19). The van der Waals surface area contributed by atoms with Crippen LogP contribution in [0, 0.1) is 0 Å². The van der Waals surface area contributed by atoms with Crippen molar-refractivity contribution in [2.75, 3.05) is 25.1 Å². The predicted molar refractivity (Wildman–Crippen MR) is 92.0 cm³/mol. The molecule has 4 heterocycles. The van der Waals surface area contributed by atoms with Crippen LogP contribution in [0.25, 0.3) is 10.2 Å². The molecule has 0 amide bonds. The molecule has 0 aliphatic carbocycles. The monoisotopic (exact) mass is 331 g/mol. The van der Waals surface area contributed by atoms with Crippen molar-refractivity contribution in [1.29, 1.82) is 0 Å². The Balaban J connectivity index is 1.57. The van der Waals surface area contributed by atoms with Crippen LogP contribution in [0.1, 0.15) is 18.4 Å². The molecule has 0 aromatic carbocycles. The van der Waals surface area contributed by atoms with Crippen LogP contribution >= 0.6 is 22.7 Å². The third-order valence-electron chi connectivity index (χ3n) is 4.35. The van der Waals surface area contributed by atoms with E-state index in [0.717, 1.165) is 43.2 Å². The number of hydrogen-bond donors (Lipinski definition) is 1. The van der Waals surface area contributed by atoms with E-state index in [0.29, 0.717) is 0 Å². The lowest BCUT2D eigenvalue weighted by atomic mass is 9.75. The molecule has 3 aromatic rings. The minimum atomic E-state index is 0.161. The van der Waals surface area contributed by atoms with Crippen molar-refractivity contribution in [2.45, 2.75) is 18.3 Å². The fourth-order valence-corrected chi connectivity index (χ4v) is 4.60. The van der Waals surface area contributed by atoms with E-state index in [1.807, 2.05) is 18.5 Å². The summed E-state index contributed by atoms with van der Waals surface area (Å²) in [6.45, 7) is 2.57. The van der Waals surface area contributed by atoms with Crippen molar-refractivity contribution in [1.82, 2.24) is 9.97 Å². The van der Waals surface area contributed by atoms with Gasteiger partial charge in [-0.05, 0) is 41.3 Å². The number of nitrogens with one attached hydrogen (secondary N) is 1. The summed E-state index contributed by atoms with van der Waals surface area (Å²) >= 11 is 3.46. The van der Waals surface area contributed by atoms with Crippen molar-refractivity contribution in [3.8, 4) is 0 Å². The van der Waals surface area contributed by atoms with Crippen LogP contribution in [0.3, 0.4) is 0 Å². The summed E-state index contributed by atoms with van der Waals surface area (Å²) in [7, 11) is 0. The lowest BCUT2D eigenvalue weighted by Crippen LogP contribution is -2.39. The Morgan fingerprint density at radius 3 is 2.95 bits per heavy atom. The van der Waals surface area contributed by atoms with E-state index < -0.39 is 0 Å². The molecule has 0 spiro atoms. The van der Waals surface area contributed by atoms with Gasteiger partial charge >= 0.3 is 0 Å². The molecular weight excluding hydrogens is 314 g/mol. The Hall–Kier alpha value is -1.50. The predicted octanol–water partition coefficient (Wildman–Crippen LogP) is 3.91. The molecular formula is C16H17N3OS2. The third-order valence-corrected chi connectivity index (χ3v) is 6.03. The number of aromatic nitrogens is 2. The SMILES string of the molecule is c1cc2sc(NCC3(c4ccsc4)CCOCC3)nc2cn1. The molecule has 1 N–H and O–H groups in total. The largest absolute Gasteiger partial charge is 0.381 e. The Morgan fingerprint density at radius 1 is 1.27 bits per heavy atom. The van der Waals surface area contributed by atoms with E-state index in [9.17, 15) is 0 Å². The Kier molecular flexibility index (Phi) is 3.82. The smallest absolute Gasteiger partial charge is 0.183 e. The van der Waals surface area contributed by atoms with E-state index >= 15 is 0 Å². The molecule has 22 heavy (non-hydrogen) atoms. The van der Waals surface area contributed by atoms with E-state index in [1.165, 1.54) is 10.3 Å². The molecule has 4 nitrogen and oxygen atoms in total. The van der Waals surface area contributed by atoms with Gasteiger partial charge in [0, 0.05) is 31.4 Å². The van der Waals surface area contributed by atoms with Crippen LogP contribution in [0.2, 0.25) is 0 Å². The highest BCUT2D eigenvalue weighted by Gasteiger charge is 2.34. The molecule has 0 bridgehead atoms. The zero-order chi connectivity index (χ0) is 14.8. The molecule has 0 unspecified atom stereocenters. The summed E-state index contributed by atoms with van der Waals surface area (Å²) in [5.41, 5.74) is 2.55. The van der Waals surface area contributed by atoms with Crippen LogP contribution in [-0.4, -0.2) is 29.7 Å². The summed E-state index contributed by atoms with van der Waals surface area (Å²) in [6.07, 6.45) is 5.75. The molecule has 6 heteroatoms. The molecule has 0 saturated carbocycles. The highest BCUT2D eigenvalue weighted by Crippen LogP contribution is 2.37. The number of hydrogen-bond acceptors (Lipinski definition) is 6. The van der Waals surface area contributed by atoms with Gasteiger partial charge in [-0.15, -0.1) is 0 Å². The maximum Gasteiger partial charge on any atom is 0.183 e. The average molecular weight is 331 g/mol. The van der Waals surface area contributed by atoms with E-state index in [2.05, 4.69) is 32.1 Å². The maximum absolute atomic E-state index is 5.58. The Bertz CT molecular complexity index is 715. The zero-order valence-corrected chi connectivity index (χ0v) is 13.8. The van der Waals surface area contributed by atoms with Crippen molar-refractivity contribution in [2.24, 2.45) is 0 Å². The second-order valence-electron chi connectivity index (χ2n) is 5.62. The van der Waals surface area contributed by atoms with E-state index in [1.54, 1.807) is 22.7 Å². The van der Waals surface area contributed by atoms with Crippen LogP contribution < -0.4 is 5.32 Å². The van der Waals surface area contributed by atoms with Gasteiger partial charge in [0.2, 0.25) is 0 Å². The molecule has 1 aliphatic heterocycles. The molecule has 4 rings (SSSR count). The first kappa shape index (κ1) is 14.1. The molecule has 0 atom stereocenters. The van der Waals surface area contributed by atoms with Gasteiger partial charge in [-0.1, -0.05) is 11.3 Å². The second-order valence-corrected chi connectivity index (χ2v) is 7.43. The van der Waals surface area contributed by atoms with Crippen molar-refractivity contribution in [3.05, 3.63) is 40.8 Å². The lowest BCUT2D eigenvalue weighted by molar-refractivity contribution is 0.0545. The van der Waals surface area contributed by atoms with Gasteiger partial charge in [0.25, 0.3) is 0 Å². The molecule has 1 saturated heterocycles. The minimum Gasteiger partial charge on any atom is -0.381 e. The number of anilines is 1. The van der Waals surface area contributed by atoms with Gasteiger partial charge in [0.15, 0.2) is 5.13 Å². The minimum absolute atomic E-state index is 0.161. The quantitative estimate of drug-likeness (QED) is 0.787. The van der Waals surface area contributed by atoms with Gasteiger partial charge in [-0.25, -0.2) is 4.98 Å². The van der Waals surface area contributed by atoms with Gasteiger partial charge in [-0.2, -0.15) is 11.3 Å². The first-order chi connectivity index (χ1) is 10.9. The van der Waals surface area contributed by atoms with Gasteiger partial charge in [0.1, 0.15) is 5.52 Å². The number of rotatable bonds is 4. The topological polar surface area (TPSA) is 47.0 Å². The Labute approximate surface area is 137 Å². The zero-order valence-electron chi connectivity index (χ0n) is 12.1. The maximum atomic E-state index is 5.58. The second kappa shape index (κ2) is 5.95. The van der Waals surface area contributed by atoms with Gasteiger partial charge < -0.3 is 10.1 Å². The summed E-state index contributed by atoms with van der Waals surface area (Å²) < 4.78 is 6.75. The average Bonchev–Trinajstić information content (AvgIpc) is 3.23. The number of thiazole rings is 1. The van der Waals surface area contributed by atoms with Crippen molar-refractivity contribution >= 4 is 38.0 Å². The highest BCUT2D eigenvalue weighted by atomic mass is 32.1. The molecule has 114 valence electrons. The number of thiophene rings is 1. The number of nitrogens with zero attached hydrogens (tertiary/aromatic N) is 2. The summed E-state index contributed by atoms with van der Waals surface area (Å²) in [4.78, 5) is 8.76. The normalized spacial score (nSPS) is 17.6. The fraction of sp³-hybridized carbons (Fsp3) is 0.375. The van der Waals surface area contributed by atoms with Crippen LogP contribution in [0.15, 0.2) is 35.3 Å². The van der Waals surface area contributed by atoms with Crippen LogP contribution in [0.5, 0.6) is 0 Å². The molecule has 1 aliphatic rings. The summed E-state index contributed by atoms with van der Waals surface area (Å²) in [5.74, 6) is 0. The van der Waals surface area contributed by atoms with Crippen LogP contribution in [0.4, 0.5) is 5.13 Å². The third kappa shape index (κ3) is 2.62. The molecule has 1 fully saturated rings. The number of ether oxygens (including phenoxy) is 1. The molecule has 0 radical (unpaired) electrons. The van der Waals surface area contributed by atoms with Crippen molar-refractivity contribution < 1.29 is 4.74 Å². The van der Waals surface area contributed by atoms with Crippen LogP contribution in [-0.2, 0) is 10.2 Å². The highest BCUT2D eigenvalue weighted by molar-refractivity contribution is 7.22. The summed E-state index contributed by atoms with van der Waals surface area (Å²) in [5, 5.41) is 8.97. The van der Waals surface area contributed by atoms with Crippen molar-refractivity contribution in [3.63, 3.8) is 0 Å². The first-order valence-corrected chi connectivity index (χ1v) is 9.17. The lowest BCUT2D eigenvalue weighted by Gasteiger charge is -2.37. The molecule has 3 aromatic heterocycles. The first-order valence-electron chi connectivity index (χ1n) is 7.41. The van der Waals surface area contributed by atoms with E-state index in [4.69, 9.17) is 4.74 Å². The Morgan fingerprint density at radius 2 is 2.18 bits per heavy atom. The number of pyridine rings is 1. The van der Waals surface area contributed by atoms with Gasteiger partial charge in [0.05, 0.1) is 10.9 Å².